The fourth-order valence-corrected chi connectivity index (χ4v) is 2.95. The summed E-state index contributed by atoms with van der Waals surface area (Å²) in [6.07, 6.45) is 4.31. The predicted octanol–water partition coefficient (Wildman–Crippen LogP) is 1.83. The van der Waals surface area contributed by atoms with Crippen molar-refractivity contribution in [1.82, 2.24) is 15.3 Å². The van der Waals surface area contributed by atoms with E-state index in [2.05, 4.69) is 20.0 Å². The third kappa shape index (κ3) is 2.99. The van der Waals surface area contributed by atoms with Crippen molar-refractivity contribution in [2.75, 3.05) is 7.11 Å². The molecule has 0 saturated heterocycles. The van der Waals surface area contributed by atoms with Crippen molar-refractivity contribution in [3.63, 3.8) is 0 Å². The van der Waals surface area contributed by atoms with Crippen molar-refractivity contribution in [2.24, 2.45) is 0 Å². The Morgan fingerprint density at radius 2 is 2.35 bits per heavy atom. The highest BCUT2D eigenvalue weighted by atomic mass is 16.5. The Labute approximate surface area is 133 Å². The lowest BCUT2D eigenvalue weighted by Crippen LogP contribution is -2.31. The van der Waals surface area contributed by atoms with Gasteiger partial charge in [-0.15, -0.1) is 0 Å². The molecular weight excluding hydrogens is 298 g/mol. The van der Waals surface area contributed by atoms with Crippen molar-refractivity contribution in [3.05, 3.63) is 40.9 Å². The molecule has 0 bridgehead atoms. The first kappa shape index (κ1) is 15.3. The zero-order valence-electron chi connectivity index (χ0n) is 13.1. The van der Waals surface area contributed by atoms with Gasteiger partial charge in [0.2, 0.25) is 5.91 Å². The van der Waals surface area contributed by atoms with Crippen molar-refractivity contribution in [1.29, 1.82) is 0 Å². The average Bonchev–Trinajstić information content (AvgIpc) is 3.17. The molecule has 7 heteroatoms. The Balaban J connectivity index is 1.65. The predicted molar refractivity (Wildman–Crippen MR) is 80.9 cm³/mol. The van der Waals surface area contributed by atoms with Crippen molar-refractivity contribution in [2.45, 2.75) is 38.6 Å². The third-order valence-corrected chi connectivity index (χ3v) is 4.13. The highest BCUT2D eigenvalue weighted by molar-refractivity contribution is 5.90. The third-order valence-electron chi connectivity index (χ3n) is 4.13. The number of carbonyl (C=O) groups is 2. The van der Waals surface area contributed by atoms with Crippen molar-refractivity contribution >= 4 is 11.9 Å². The van der Waals surface area contributed by atoms with E-state index in [1.54, 1.807) is 19.3 Å². The van der Waals surface area contributed by atoms with E-state index in [-0.39, 0.29) is 18.4 Å². The normalized spacial score (nSPS) is 16.7. The molecule has 0 aliphatic heterocycles. The molecule has 23 heavy (non-hydrogen) atoms. The molecule has 2 heterocycles. The number of hydrogen-bond acceptors (Lipinski definition) is 5. The Bertz CT molecular complexity index is 732. The first-order valence-corrected chi connectivity index (χ1v) is 7.57. The van der Waals surface area contributed by atoms with E-state index in [1.807, 2.05) is 0 Å². The zero-order chi connectivity index (χ0) is 16.4. The van der Waals surface area contributed by atoms with Gasteiger partial charge >= 0.3 is 5.97 Å². The lowest BCUT2D eigenvalue weighted by atomic mass is 9.89. The minimum absolute atomic E-state index is 0.0771. The number of imidazole rings is 1. The monoisotopic (exact) mass is 317 g/mol. The number of rotatable bonds is 4. The van der Waals surface area contributed by atoms with E-state index < -0.39 is 5.97 Å². The standard InChI is InChI=1S/C16H19N3O4/c1-9-12(16(21)22-2)6-10(23-9)7-17-15(20)11-4-3-5-13-14(11)19-8-18-13/h6,8,11H,3-5,7H2,1-2H3,(H,17,20)(H,18,19)/t11-/m0/s1. The quantitative estimate of drug-likeness (QED) is 0.839. The van der Waals surface area contributed by atoms with Gasteiger partial charge in [-0.05, 0) is 32.3 Å². The number of furan rings is 1. The fourth-order valence-electron chi connectivity index (χ4n) is 2.95. The number of H-pyrrole nitrogens is 1. The van der Waals surface area contributed by atoms with Crippen LogP contribution in [0.25, 0.3) is 0 Å². The van der Waals surface area contributed by atoms with Crippen LogP contribution in [0, 0.1) is 6.92 Å². The second-order valence-electron chi connectivity index (χ2n) is 5.60. The lowest BCUT2D eigenvalue weighted by molar-refractivity contribution is -0.123. The molecule has 0 unspecified atom stereocenters. The number of aromatic amines is 1. The summed E-state index contributed by atoms with van der Waals surface area (Å²) >= 11 is 0. The van der Waals surface area contributed by atoms with Crippen LogP contribution in [0.2, 0.25) is 0 Å². The van der Waals surface area contributed by atoms with Gasteiger partial charge in [-0.3, -0.25) is 4.79 Å². The van der Waals surface area contributed by atoms with Crippen LogP contribution in [0.5, 0.6) is 0 Å². The van der Waals surface area contributed by atoms with Gasteiger partial charge in [-0.25, -0.2) is 9.78 Å². The number of aryl methyl sites for hydroxylation is 2. The number of aromatic nitrogens is 2. The Hall–Kier alpha value is -2.57. The summed E-state index contributed by atoms with van der Waals surface area (Å²) in [5.74, 6) is 0.243. The molecule has 1 aliphatic rings. The molecule has 1 amide bonds. The second kappa shape index (κ2) is 6.28. The molecule has 122 valence electrons. The number of fused-ring (bicyclic) bond motifs is 1. The highest BCUT2D eigenvalue weighted by Gasteiger charge is 2.28. The van der Waals surface area contributed by atoms with Crippen LogP contribution in [-0.2, 0) is 22.5 Å². The minimum atomic E-state index is -0.447. The summed E-state index contributed by atoms with van der Waals surface area (Å²) in [7, 11) is 1.32. The van der Waals surface area contributed by atoms with Crippen molar-refractivity contribution in [3.8, 4) is 0 Å². The van der Waals surface area contributed by atoms with Gasteiger partial charge in [0.05, 0.1) is 31.6 Å². The van der Waals surface area contributed by atoms with E-state index in [9.17, 15) is 9.59 Å². The van der Waals surface area contributed by atoms with Crippen LogP contribution in [0.3, 0.4) is 0 Å². The molecule has 2 aromatic heterocycles. The first-order chi connectivity index (χ1) is 11.1. The maximum absolute atomic E-state index is 12.4. The van der Waals surface area contributed by atoms with Gasteiger partial charge in [0, 0.05) is 5.69 Å². The van der Waals surface area contributed by atoms with Gasteiger partial charge in [-0.1, -0.05) is 0 Å². The molecule has 0 saturated carbocycles. The van der Waals surface area contributed by atoms with E-state index in [0.29, 0.717) is 17.1 Å². The number of amides is 1. The van der Waals surface area contributed by atoms with E-state index in [0.717, 1.165) is 30.7 Å². The second-order valence-corrected chi connectivity index (χ2v) is 5.60. The fraction of sp³-hybridized carbons (Fsp3) is 0.438. The molecule has 1 atom stereocenters. The smallest absolute Gasteiger partial charge is 0.341 e. The topological polar surface area (TPSA) is 97.2 Å². The molecule has 3 rings (SSSR count). The van der Waals surface area contributed by atoms with Gasteiger partial charge < -0.3 is 19.5 Å². The highest BCUT2D eigenvalue weighted by Crippen LogP contribution is 2.29. The van der Waals surface area contributed by atoms with Crippen LogP contribution in [0.15, 0.2) is 16.8 Å². The minimum Gasteiger partial charge on any atom is -0.465 e. The van der Waals surface area contributed by atoms with E-state index >= 15 is 0 Å². The lowest BCUT2D eigenvalue weighted by Gasteiger charge is -2.20. The molecule has 0 radical (unpaired) electrons. The molecular formula is C16H19N3O4. The molecule has 0 fully saturated rings. The SMILES string of the molecule is COC(=O)c1cc(CNC(=O)[C@H]2CCCc3[nH]cnc32)oc1C. The summed E-state index contributed by atoms with van der Waals surface area (Å²) in [5, 5.41) is 2.86. The van der Waals surface area contributed by atoms with Crippen LogP contribution in [0.4, 0.5) is 0 Å². The number of esters is 1. The van der Waals surface area contributed by atoms with E-state index in [1.165, 1.54) is 7.11 Å². The van der Waals surface area contributed by atoms with Gasteiger partial charge in [0.1, 0.15) is 17.1 Å². The summed E-state index contributed by atoms with van der Waals surface area (Å²) in [4.78, 5) is 31.3. The zero-order valence-corrected chi connectivity index (χ0v) is 13.1. The summed E-state index contributed by atoms with van der Waals surface area (Å²) < 4.78 is 10.2. The van der Waals surface area contributed by atoms with Gasteiger partial charge in [0.15, 0.2) is 0 Å². The molecule has 7 nitrogen and oxygen atoms in total. The maximum atomic E-state index is 12.4. The van der Waals surface area contributed by atoms with Crippen molar-refractivity contribution < 1.29 is 18.7 Å². The van der Waals surface area contributed by atoms with E-state index in [4.69, 9.17) is 4.42 Å². The Morgan fingerprint density at radius 1 is 1.52 bits per heavy atom. The van der Waals surface area contributed by atoms with Crippen LogP contribution in [0.1, 0.15) is 52.0 Å². The van der Waals surface area contributed by atoms with Crippen LogP contribution < -0.4 is 5.32 Å². The van der Waals surface area contributed by atoms with Crippen LogP contribution in [-0.4, -0.2) is 29.0 Å². The number of nitrogens with one attached hydrogen (secondary N) is 2. The maximum Gasteiger partial charge on any atom is 0.341 e. The first-order valence-electron chi connectivity index (χ1n) is 7.57. The number of carbonyl (C=O) groups excluding carboxylic acids is 2. The molecule has 0 aromatic carbocycles. The molecule has 2 N–H and O–H groups in total. The summed E-state index contributed by atoms with van der Waals surface area (Å²) in [6, 6.07) is 1.60. The number of hydrogen-bond donors (Lipinski definition) is 2. The Kier molecular flexibility index (Phi) is 4.18. The number of methoxy groups -OCH3 is 1. The summed E-state index contributed by atoms with van der Waals surface area (Å²) in [5.41, 5.74) is 2.25. The average molecular weight is 317 g/mol. The molecule has 2 aromatic rings. The number of ether oxygens (including phenoxy) is 1. The van der Waals surface area contributed by atoms with Crippen LogP contribution >= 0.6 is 0 Å². The Morgan fingerprint density at radius 3 is 3.13 bits per heavy atom. The summed E-state index contributed by atoms with van der Waals surface area (Å²) in [6.45, 7) is 1.92. The largest absolute Gasteiger partial charge is 0.465 e. The van der Waals surface area contributed by atoms with Gasteiger partial charge in [0.25, 0.3) is 0 Å². The number of nitrogens with zero attached hydrogens (tertiary/aromatic N) is 1. The molecule has 1 aliphatic carbocycles. The van der Waals surface area contributed by atoms with Gasteiger partial charge in [-0.2, -0.15) is 0 Å². The molecule has 0 spiro atoms.